The maximum atomic E-state index is 9.24. The normalized spacial score (nSPS) is 13.1. The van der Waals surface area contributed by atoms with Gasteiger partial charge >= 0.3 is 0 Å². The fourth-order valence-corrected chi connectivity index (χ4v) is 1.38. The number of aromatic nitrogens is 1. The largest absolute Gasteiger partial charge is 0.373 e. The highest BCUT2D eigenvalue weighted by molar-refractivity contribution is 5.84. The molecule has 0 bridgehead atoms. The van der Waals surface area contributed by atoms with Crippen LogP contribution in [0.4, 0.5) is 0 Å². The van der Waals surface area contributed by atoms with Gasteiger partial charge in [-0.25, -0.2) is 0 Å². The van der Waals surface area contributed by atoms with Crippen molar-refractivity contribution in [3.05, 3.63) is 42.2 Å². The summed E-state index contributed by atoms with van der Waals surface area (Å²) in [4.78, 5) is 4.03. The molecular formula is C10H10N2O. The first-order valence-electron chi connectivity index (χ1n) is 4.06. The molecule has 2 aromatic rings. The van der Waals surface area contributed by atoms with Gasteiger partial charge in [0.05, 0.1) is 5.69 Å². The van der Waals surface area contributed by atoms with Crippen LogP contribution in [-0.4, -0.2) is 10.1 Å². The van der Waals surface area contributed by atoms with Gasteiger partial charge in [-0.15, -0.1) is 0 Å². The minimum Gasteiger partial charge on any atom is -0.373 e. The van der Waals surface area contributed by atoms with Gasteiger partial charge < -0.3 is 10.8 Å². The van der Waals surface area contributed by atoms with Gasteiger partial charge in [-0.05, 0) is 11.5 Å². The van der Waals surface area contributed by atoms with Gasteiger partial charge in [0.2, 0.25) is 0 Å². The Bertz CT molecular complexity index is 421. The van der Waals surface area contributed by atoms with Crippen LogP contribution in [0.2, 0.25) is 0 Å². The third-order valence-electron chi connectivity index (χ3n) is 1.98. The zero-order chi connectivity index (χ0) is 9.26. The molecule has 3 heteroatoms. The number of nitrogens with two attached hydrogens (primary N) is 1. The molecule has 1 unspecified atom stereocenters. The molecular weight excluding hydrogens is 164 g/mol. The third kappa shape index (κ3) is 1.39. The van der Waals surface area contributed by atoms with Crippen LogP contribution in [-0.2, 0) is 0 Å². The predicted octanol–water partition coefficient (Wildman–Crippen LogP) is 1.18. The quantitative estimate of drug-likeness (QED) is 0.638. The van der Waals surface area contributed by atoms with Gasteiger partial charge in [0.25, 0.3) is 0 Å². The van der Waals surface area contributed by atoms with Crippen molar-refractivity contribution in [2.75, 3.05) is 0 Å². The Hall–Kier alpha value is -1.45. The summed E-state index contributed by atoms with van der Waals surface area (Å²) in [5.41, 5.74) is 5.90. The number of aliphatic hydroxyl groups is 1. The van der Waals surface area contributed by atoms with E-state index in [-0.39, 0.29) is 0 Å². The second-order valence-corrected chi connectivity index (χ2v) is 2.86. The molecule has 2 rings (SSSR count). The van der Waals surface area contributed by atoms with Gasteiger partial charge in [0.15, 0.2) is 0 Å². The van der Waals surface area contributed by atoms with Gasteiger partial charge in [0.1, 0.15) is 6.23 Å². The molecule has 0 saturated carbocycles. The monoisotopic (exact) mass is 174 g/mol. The standard InChI is InChI=1S/C10H10N2O/c11-10(13)9-8-4-2-1-3-7(8)5-6-12-9/h1-6,10,13H,11H2. The zero-order valence-corrected chi connectivity index (χ0v) is 7.01. The van der Waals surface area contributed by atoms with Crippen molar-refractivity contribution >= 4 is 10.8 Å². The molecule has 66 valence electrons. The molecule has 13 heavy (non-hydrogen) atoms. The Morgan fingerprint density at radius 1 is 1.23 bits per heavy atom. The molecule has 0 aliphatic heterocycles. The maximum Gasteiger partial charge on any atom is 0.146 e. The smallest absolute Gasteiger partial charge is 0.146 e. The average molecular weight is 174 g/mol. The summed E-state index contributed by atoms with van der Waals surface area (Å²) in [6.07, 6.45) is 0.638. The van der Waals surface area contributed by atoms with E-state index in [4.69, 9.17) is 5.73 Å². The van der Waals surface area contributed by atoms with Crippen molar-refractivity contribution in [1.82, 2.24) is 4.98 Å². The summed E-state index contributed by atoms with van der Waals surface area (Å²) in [5, 5.41) is 11.2. The Balaban J connectivity index is 2.76. The Kier molecular flexibility index (Phi) is 1.96. The minimum absolute atomic E-state index is 0.526. The highest BCUT2D eigenvalue weighted by Crippen LogP contribution is 2.18. The number of rotatable bonds is 1. The SMILES string of the molecule is NC(O)c1nccc2ccccc12. The first-order chi connectivity index (χ1) is 6.29. The van der Waals surface area contributed by atoms with Gasteiger partial charge in [-0.2, -0.15) is 0 Å². The van der Waals surface area contributed by atoms with E-state index in [0.29, 0.717) is 5.69 Å². The van der Waals surface area contributed by atoms with Crippen LogP contribution < -0.4 is 5.73 Å². The van der Waals surface area contributed by atoms with Crippen molar-refractivity contribution in [1.29, 1.82) is 0 Å². The fourth-order valence-electron chi connectivity index (χ4n) is 1.38. The molecule has 0 saturated heterocycles. The lowest BCUT2D eigenvalue weighted by Crippen LogP contribution is -2.10. The van der Waals surface area contributed by atoms with Crippen molar-refractivity contribution in [3.63, 3.8) is 0 Å². The molecule has 1 heterocycles. The summed E-state index contributed by atoms with van der Waals surface area (Å²) < 4.78 is 0. The second kappa shape index (κ2) is 3.12. The van der Waals surface area contributed by atoms with E-state index in [0.717, 1.165) is 10.8 Å². The van der Waals surface area contributed by atoms with E-state index in [2.05, 4.69) is 4.98 Å². The van der Waals surface area contributed by atoms with Crippen molar-refractivity contribution < 1.29 is 5.11 Å². The maximum absolute atomic E-state index is 9.24. The molecule has 0 aliphatic carbocycles. The average Bonchev–Trinajstić information content (AvgIpc) is 2.17. The summed E-state index contributed by atoms with van der Waals surface area (Å²) in [6.45, 7) is 0. The highest BCUT2D eigenvalue weighted by Gasteiger charge is 2.06. The Morgan fingerprint density at radius 2 is 2.00 bits per heavy atom. The van der Waals surface area contributed by atoms with E-state index < -0.39 is 6.23 Å². The van der Waals surface area contributed by atoms with Crippen molar-refractivity contribution in [2.45, 2.75) is 6.23 Å². The summed E-state index contributed by atoms with van der Waals surface area (Å²) in [6, 6.07) is 9.59. The zero-order valence-electron chi connectivity index (χ0n) is 7.01. The van der Waals surface area contributed by atoms with Crippen molar-refractivity contribution in [3.8, 4) is 0 Å². The van der Waals surface area contributed by atoms with E-state index in [1.54, 1.807) is 6.20 Å². The van der Waals surface area contributed by atoms with Crippen molar-refractivity contribution in [2.24, 2.45) is 5.73 Å². The predicted molar refractivity (Wildman–Crippen MR) is 50.9 cm³/mol. The summed E-state index contributed by atoms with van der Waals surface area (Å²) in [7, 11) is 0. The van der Waals surface area contributed by atoms with E-state index in [1.165, 1.54) is 0 Å². The summed E-state index contributed by atoms with van der Waals surface area (Å²) >= 11 is 0. The molecule has 0 spiro atoms. The first-order valence-corrected chi connectivity index (χ1v) is 4.06. The number of benzene rings is 1. The number of pyridine rings is 1. The molecule has 3 N–H and O–H groups in total. The van der Waals surface area contributed by atoms with Crippen LogP contribution in [0.25, 0.3) is 10.8 Å². The van der Waals surface area contributed by atoms with Crippen LogP contribution in [0, 0.1) is 0 Å². The van der Waals surface area contributed by atoms with E-state index >= 15 is 0 Å². The van der Waals surface area contributed by atoms with Crippen LogP contribution >= 0.6 is 0 Å². The minimum atomic E-state index is -1.01. The molecule has 0 fully saturated rings. The van der Waals surface area contributed by atoms with E-state index in [1.807, 2.05) is 30.3 Å². The summed E-state index contributed by atoms with van der Waals surface area (Å²) in [5.74, 6) is 0. The molecule has 0 aliphatic rings. The number of aliphatic hydroxyl groups excluding tert-OH is 1. The molecule has 1 aromatic carbocycles. The number of hydrogen-bond donors (Lipinski definition) is 2. The Morgan fingerprint density at radius 3 is 2.77 bits per heavy atom. The second-order valence-electron chi connectivity index (χ2n) is 2.86. The van der Waals surface area contributed by atoms with Gasteiger partial charge in [-0.1, -0.05) is 24.3 Å². The fraction of sp³-hybridized carbons (Fsp3) is 0.100. The van der Waals surface area contributed by atoms with Gasteiger partial charge in [-0.3, -0.25) is 4.98 Å². The lowest BCUT2D eigenvalue weighted by molar-refractivity contribution is 0.183. The van der Waals surface area contributed by atoms with Crippen LogP contribution in [0.3, 0.4) is 0 Å². The van der Waals surface area contributed by atoms with Gasteiger partial charge in [0, 0.05) is 11.6 Å². The number of fused-ring (bicyclic) bond motifs is 1. The molecule has 1 atom stereocenters. The lowest BCUT2D eigenvalue weighted by atomic mass is 10.1. The topological polar surface area (TPSA) is 59.1 Å². The first kappa shape index (κ1) is 8.16. The third-order valence-corrected chi connectivity index (χ3v) is 1.98. The molecule has 3 nitrogen and oxygen atoms in total. The Labute approximate surface area is 75.8 Å². The lowest BCUT2D eigenvalue weighted by Gasteiger charge is -2.06. The molecule has 1 aromatic heterocycles. The number of nitrogens with zero attached hydrogens (tertiary/aromatic N) is 1. The molecule has 0 amide bonds. The van der Waals surface area contributed by atoms with Crippen LogP contribution in [0.15, 0.2) is 36.5 Å². The van der Waals surface area contributed by atoms with Crippen LogP contribution in [0.5, 0.6) is 0 Å². The van der Waals surface area contributed by atoms with E-state index in [9.17, 15) is 5.11 Å². The van der Waals surface area contributed by atoms with Crippen LogP contribution in [0.1, 0.15) is 11.9 Å². The number of hydrogen-bond acceptors (Lipinski definition) is 3. The highest BCUT2D eigenvalue weighted by atomic mass is 16.3. The molecule has 0 radical (unpaired) electrons.